The van der Waals surface area contributed by atoms with Crippen LogP contribution in [-0.2, 0) is 5.41 Å². The van der Waals surface area contributed by atoms with Crippen molar-refractivity contribution in [3.05, 3.63) is 100 Å². The molecule has 0 saturated carbocycles. The lowest BCUT2D eigenvalue weighted by Crippen LogP contribution is -2.38. The van der Waals surface area contributed by atoms with E-state index in [2.05, 4.69) is 24.4 Å². The molecule has 4 rings (SSSR count). The summed E-state index contributed by atoms with van der Waals surface area (Å²) in [6.45, 7) is 2.53. The predicted molar refractivity (Wildman–Crippen MR) is 119 cm³/mol. The molecule has 0 bridgehead atoms. The summed E-state index contributed by atoms with van der Waals surface area (Å²) in [6.07, 6.45) is 0. The first-order chi connectivity index (χ1) is 14.0. The van der Waals surface area contributed by atoms with Gasteiger partial charge in [-0.2, -0.15) is 5.10 Å². The van der Waals surface area contributed by atoms with Gasteiger partial charge in [0, 0.05) is 15.7 Å². The van der Waals surface area contributed by atoms with Crippen LogP contribution in [0.4, 0.5) is 10.5 Å². The highest BCUT2D eigenvalue weighted by atomic mass is 35.5. The largest absolute Gasteiger partial charge is 0.342 e. The number of carbonyl (C=O) groups is 1. The van der Waals surface area contributed by atoms with Crippen LogP contribution in [0.2, 0.25) is 10.0 Å². The number of anilines is 1. The van der Waals surface area contributed by atoms with Crippen molar-refractivity contribution in [2.24, 2.45) is 5.10 Å². The SMILES string of the molecule is CC1(c2ccccc2)CN(C(=O)Nc2ccc(Cl)cc2)N=C1c1ccc(Cl)cc1. The molecular formula is C23H19Cl2N3O. The number of urea groups is 1. The second kappa shape index (κ2) is 7.90. The van der Waals surface area contributed by atoms with E-state index in [-0.39, 0.29) is 6.03 Å². The van der Waals surface area contributed by atoms with Crippen molar-refractivity contribution in [3.63, 3.8) is 0 Å². The Morgan fingerprint density at radius 1 is 0.931 bits per heavy atom. The van der Waals surface area contributed by atoms with Gasteiger partial charge in [-0.15, -0.1) is 0 Å². The minimum Gasteiger partial charge on any atom is -0.306 e. The Morgan fingerprint density at radius 3 is 2.14 bits per heavy atom. The fourth-order valence-corrected chi connectivity index (χ4v) is 3.75. The van der Waals surface area contributed by atoms with Gasteiger partial charge in [0.05, 0.1) is 17.7 Å². The van der Waals surface area contributed by atoms with E-state index < -0.39 is 5.41 Å². The Hall–Kier alpha value is -2.82. The number of nitrogens with zero attached hydrogens (tertiary/aromatic N) is 2. The third-order valence-electron chi connectivity index (χ3n) is 5.07. The van der Waals surface area contributed by atoms with Crippen molar-refractivity contribution in [3.8, 4) is 0 Å². The van der Waals surface area contributed by atoms with Crippen molar-refractivity contribution < 1.29 is 4.79 Å². The Balaban J connectivity index is 1.68. The number of benzene rings is 3. The van der Waals surface area contributed by atoms with Gasteiger partial charge in [-0.1, -0.05) is 65.7 Å². The van der Waals surface area contributed by atoms with Crippen molar-refractivity contribution in [2.45, 2.75) is 12.3 Å². The van der Waals surface area contributed by atoms with Gasteiger partial charge in [0.15, 0.2) is 0 Å². The zero-order valence-corrected chi connectivity index (χ0v) is 17.3. The zero-order valence-electron chi connectivity index (χ0n) is 15.8. The third kappa shape index (κ3) is 4.00. The first-order valence-electron chi connectivity index (χ1n) is 9.20. The number of hydrogen-bond acceptors (Lipinski definition) is 2. The second-order valence-corrected chi connectivity index (χ2v) is 8.02. The van der Waals surface area contributed by atoms with Gasteiger partial charge in [0.1, 0.15) is 0 Å². The maximum absolute atomic E-state index is 12.9. The van der Waals surface area contributed by atoms with E-state index in [4.69, 9.17) is 28.3 Å². The molecule has 1 unspecified atom stereocenters. The van der Waals surface area contributed by atoms with E-state index in [1.165, 1.54) is 5.01 Å². The molecule has 0 fully saturated rings. The van der Waals surface area contributed by atoms with Crippen LogP contribution in [0.15, 0.2) is 84.0 Å². The number of carbonyl (C=O) groups excluding carboxylic acids is 1. The topological polar surface area (TPSA) is 44.7 Å². The molecule has 0 saturated heterocycles. The van der Waals surface area contributed by atoms with Crippen LogP contribution in [0.1, 0.15) is 18.1 Å². The quantitative estimate of drug-likeness (QED) is 0.534. The van der Waals surface area contributed by atoms with Crippen LogP contribution in [0, 0.1) is 0 Å². The molecule has 4 nitrogen and oxygen atoms in total. The van der Waals surface area contributed by atoms with Crippen LogP contribution in [-0.4, -0.2) is 23.3 Å². The summed E-state index contributed by atoms with van der Waals surface area (Å²) < 4.78 is 0. The van der Waals surface area contributed by atoms with E-state index in [1.807, 2.05) is 42.5 Å². The highest BCUT2D eigenvalue weighted by Crippen LogP contribution is 2.35. The first-order valence-corrected chi connectivity index (χ1v) is 9.96. The van der Waals surface area contributed by atoms with Gasteiger partial charge in [0.25, 0.3) is 0 Å². The molecule has 2 amide bonds. The highest BCUT2D eigenvalue weighted by Gasteiger charge is 2.42. The number of hydrazone groups is 1. The summed E-state index contributed by atoms with van der Waals surface area (Å²) in [5.74, 6) is 0. The number of nitrogens with one attached hydrogen (secondary N) is 1. The number of rotatable bonds is 3. The van der Waals surface area contributed by atoms with Gasteiger partial charge in [0.2, 0.25) is 0 Å². The maximum atomic E-state index is 12.9. The maximum Gasteiger partial charge on any atom is 0.342 e. The van der Waals surface area contributed by atoms with Crippen molar-refractivity contribution >= 4 is 40.6 Å². The smallest absolute Gasteiger partial charge is 0.306 e. The number of halogens is 2. The number of hydrogen-bond donors (Lipinski definition) is 1. The minimum absolute atomic E-state index is 0.293. The molecule has 1 aliphatic rings. The standard InChI is InChI=1S/C23H19Cl2N3O/c1-23(17-5-3-2-4-6-17)15-28(22(29)26-20-13-11-19(25)12-14-20)27-21(23)16-7-9-18(24)10-8-16/h2-14H,15H2,1H3,(H,26,29). The molecule has 146 valence electrons. The average Bonchev–Trinajstić information content (AvgIpc) is 3.10. The molecule has 0 aliphatic carbocycles. The first kappa shape index (κ1) is 19.5. The van der Waals surface area contributed by atoms with Gasteiger partial charge in [-0.3, -0.25) is 0 Å². The minimum atomic E-state index is -0.452. The molecule has 1 atom stereocenters. The predicted octanol–water partition coefficient (Wildman–Crippen LogP) is 6.20. The van der Waals surface area contributed by atoms with Gasteiger partial charge < -0.3 is 5.32 Å². The van der Waals surface area contributed by atoms with Gasteiger partial charge >= 0.3 is 6.03 Å². The zero-order chi connectivity index (χ0) is 20.4. The Bertz CT molecular complexity index is 1050. The van der Waals surface area contributed by atoms with E-state index in [9.17, 15) is 4.79 Å². The Morgan fingerprint density at radius 2 is 1.52 bits per heavy atom. The van der Waals surface area contributed by atoms with Crippen LogP contribution in [0.25, 0.3) is 0 Å². The summed E-state index contributed by atoms with van der Waals surface area (Å²) >= 11 is 12.0. The molecule has 3 aromatic carbocycles. The summed E-state index contributed by atoms with van der Waals surface area (Å²) in [7, 11) is 0. The summed E-state index contributed by atoms with van der Waals surface area (Å²) in [4.78, 5) is 12.9. The molecule has 0 spiro atoms. The van der Waals surface area contributed by atoms with Crippen molar-refractivity contribution in [2.75, 3.05) is 11.9 Å². The van der Waals surface area contributed by atoms with E-state index >= 15 is 0 Å². The van der Waals surface area contributed by atoms with Crippen LogP contribution < -0.4 is 5.32 Å². The third-order valence-corrected chi connectivity index (χ3v) is 5.57. The normalized spacial score (nSPS) is 18.4. The molecule has 1 heterocycles. The highest BCUT2D eigenvalue weighted by molar-refractivity contribution is 6.31. The lowest BCUT2D eigenvalue weighted by atomic mass is 9.76. The summed E-state index contributed by atoms with van der Waals surface area (Å²) in [5, 5.41) is 10.3. The lowest BCUT2D eigenvalue weighted by molar-refractivity contribution is 0.214. The van der Waals surface area contributed by atoms with E-state index in [1.54, 1.807) is 24.3 Å². The molecule has 1 N–H and O–H groups in total. The van der Waals surface area contributed by atoms with E-state index in [0.717, 1.165) is 16.8 Å². The second-order valence-electron chi connectivity index (χ2n) is 7.15. The molecule has 0 aromatic heterocycles. The fourth-order valence-electron chi connectivity index (χ4n) is 3.50. The lowest BCUT2D eigenvalue weighted by Gasteiger charge is -2.27. The van der Waals surface area contributed by atoms with Gasteiger partial charge in [-0.25, -0.2) is 9.80 Å². The fraction of sp³-hybridized carbons (Fsp3) is 0.130. The van der Waals surface area contributed by atoms with E-state index in [0.29, 0.717) is 22.3 Å². The van der Waals surface area contributed by atoms with Gasteiger partial charge in [-0.05, 0) is 54.4 Å². The van der Waals surface area contributed by atoms with Crippen LogP contribution >= 0.6 is 23.2 Å². The van der Waals surface area contributed by atoms with Crippen molar-refractivity contribution in [1.82, 2.24) is 5.01 Å². The Kier molecular flexibility index (Phi) is 5.31. The molecule has 1 aliphatic heterocycles. The summed E-state index contributed by atoms with van der Waals surface area (Å²) in [5.41, 5.74) is 3.06. The molecule has 0 radical (unpaired) electrons. The molecular weight excluding hydrogens is 405 g/mol. The molecule has 29 heavy (non-hydrogen) atoms. The van der Waals surface area contributed by atoms with Crippen molar-refractivity contribution in [1.29, 1.82) is 0 Å². The average molecular weight is 424 g/mol. The number of amides is 2. The van der Waals surface area contributed by atoms with Crippen LogP contribution in [0.3, 0.4) is 0 Å². The summed E-state index contributed by atoms with van der Waals surface area (Å²) in [6, 6.07) is 24.3. The molecule has 6 heteroatoms. The van der Waals surface area contributed by atoms with Crippen LogP contribution in [0.5, 0.6) is 0 Å². The Labute approximate surface area is 179 Å². The monoisotopic (exact) mass is 423 g/mol. The molecule has 3 aromatic rings.